The molecule has 0 atom stereocenters. The lowest BCUT2D eigenvalue weighted by Gasteiger charge is -2.43. The van der Waals surface area contributed by atoms with Gasteiger partial charge >= 0.3 is 0 Å². The van der Waals surface area contributed by atoms with Crippen molar-refractivity contribution >= 4 is 14.1 Å². The van der Waals surface area contributed by atoms with Crippen LogP contribution in [0.15, 0.2) is 11.8 Å². The molecule has 1 aliphatic carbocycles. The fourth-order valence-corrected chi connectivity index (χ4v) is 9.60. The average Bonchev–Trinajstić information content (AvgIpc) is 2.50. The quantitative estimate of drug-likeness (QED) is 0.517. The number of Topliss-reactive ketones (excluding diaryl/α,β-unsaturated/α-hetero) is 1. The minimum absolute atomic E-state index is 0.449. The highest BCUT2D eigenvalue weighted by atomic mass is 28.4. The van der Waals surface area contributed by atoms with E-state index in [1.807, 2.05) is 0 Å². The summed E-state index contributed by atoms with van der Waals surface area (Å²) >= 11 is 0. The summed E-state index contributed by atoms with van der Waals surface area (Å²) in [6, 6.07) is 0. The van der Waals surface area contributed by atoms with Crippen LogP contribution >= 0.6 is 0 Å². The third kappa shape index (κ3) is 5.77. The summed E-state index contributed by atoms with van der Waals surface area (Å²) in [5.41, 5.74) is 1.84. The second kappa shape index (κ2) is 9.66. The molecule has 0 bridgehead atoms. The van der Waals surface area contributed by atoms with E-state index in [-0.39, 0.29) is 0 Å². The van der Waals surface area contributed by atoms with E-state index >= 15 is 0 Å². The standard InChI is InChI=1S/C20H38O2Si/c1-16(2)23(17(3)4,18(5)6)22-20-14-9-7-8-12-19(21)13-10-11-15-20/h14,16-18H,7-13,15H2,1-6H3. The Hall–Kier alpha value is -0.573. The molecule has 134 valence electrons. The van der Waals surface area contributed by atoms with Crippen LogP contribution in [0.5, 0.6) is 0 Å². The lowest BCUT2D eigenvalue weighted by Crippen LogP contribution is -2.47. The normalized spacial score (nSPS) is 19.0. The summed E-state index contributed by atoms with van der Waals surface area (Å²) in [5.74, 6) is 1.67. The van der Waals surface area contributed by atoms with Crippen LogP contribution in [-0.2, 0) is 9.22 Å². The van der Waals surface area contributed by atoms with E-state index in [1.54, 1.807) is 0 Å². The summed E-state index contributed by atoms with van der Waals surface area (Å²) in [6.07, 6.45) is 10.2. The predicted octanol–water partition coefficient (Wildman–Crippen LogP) is 6.77. The molecule has 3 heteroatoms. The second-order valence-corrected chi connectivity index (χ2v) is 13.5. The Labute approximate surface area is 145 Å². The Morgan fingerprint density at radius 1 is 0.826 bits per heavy atom. The van der Waals surface area contributed by atoms with Gasteiger partial charge in [-0.2, -0.15) is 0 Å². The number of carbonyl (C=O) groups excluding carboxylic acids is 1. The molecule has 0 saturated heterocycles. The zero-order valence-corrected chi connectivity index (χ0v) is 17.3. The SMILES string of the molecule is CC(C)[Si](OC1=CCCCCC(=O)CCCC1)(C(C)C)C(C)C. The van der Waals surface area contributed by atoms with Gasteiger partial charge in [-0.15, -0.1) is 0 Å². The van der Waals surface area contributed by atoms with Crippen LogP contribution in [0.3, 0.4) is 0 Å². The molecule has 0 aromatic carbocycles. The maximum atomic E-state index is 11.7. The molecule has 0 fully saturated rings. The molecular weight excluding hydrogens is 300 g/mol. The summed E-state index contributed by atoms with van der Waals surface area (Å²) in [6.45, 7) is 14.1. The molecule has 23 heavy (non-hydrogen) atoms. The minimum atomic E-state index is -1.84. The van der Waals surface area contributed by atoms with Crippen LogP contribution in [0, 0.1) is 0 Å². The smallest absolute Gasteiger partial charge is 0.258 e. The zero-order valence-electron chi connectivity index (χ0n) is 16.3. The molecule has 1 aliphatic rings. The molecule has 0 aromatic rings. The van der Waals surface area contributed by atoms with E-state index in [9.17, 15) is 4.79 Å². The van der Waals surface area contributed by atoms with Crippen molar-refractivity contribution in [3.63, 3.8) is 0 Å². The third-order valence-electron chi connectivity index (χ3n) is 5.43. The highest BCUT2D eigenvalue weighted by Crippen LogP contribution is 2.44. The molecule has 0 aliphatic heterocycles. The highest BCUT2D eigenvalue weighted by Gasteiger charge is 2.47. The molecule has 0 spiro atoms. The van der Waals surface area contributed by atoms with E-state index in [0.717, 1.165) is 51.4 Å². The Balaban J connectivity index is 2.90. The van der Waals surface area contributed by atoms with Crippen molar-refractivity contribution in [2.24, 2.45) is 0 Å². The Morgan fingerprint density at radius 3 is 1.83 bits per heavy atom. The first kappa shape index (κ1) is 20.5. The maximum Gasteiger partial charge on any atom is 0.258 e. The monoisotopic (exact) mass is 338 g/mol. The lowest BCUT2D eigenvalue weighted by atomic mass is 10.1. The Kier molecular flexibility index (Phi) is 8.60. The number of rotatable bonds is 5. The molecule has 0 saturated carbocycles. The first-order chi connectivity index (χ1) is 10.8. The largest absolute Gasteiger partial charge is 0.546 e. The summed E-state index contributed by atoms with van der Waals surface area (Å²) in [7, 11) is -1.84. The predicted molar refractivity (Wildman–Crippen MR) is 102 cm³/mol. The van der Waals surface area contributed by atoms with Gasteiger partial charge in [-0.3, -0.25) is 4.79 Å². The van der Waals surface area contributed by atoms with Crippen molar-refractivity contribution in [2.45, 2.75) is 110 Å². The highest BCUT2D eigenvalue weighted by molar-refractivity contribution is 6.77. The number of hydrogen-bond donors (Lipinski definition) is 0. The molecule has 0 unspecified atom stereocenters. The lowest BCUT2D eigenvalue weighted by molar-refractivity contribution is -0.119. The molecular formula is C20H38O2Si. The van der Waals surface area contributed by atoms with Gasteiger partial charge in [0.25, 0.3) is 8.32 Å². The van der Waals surface area contributed by atoms with Gasteiger partial charge in [-0.05, 0) is 54.8 Å². The average molecular weight is 339 g/mol. The zero-order chi connectivity index (χ0) is 17.5. The van der Waals surface area contributed by atoms with Crippen LogP contribution in [0.2, 0.25) is 16.6 Å². The van der Waals surface area contributed by atoms with Gasteiger partial charge in [-0.1, -0.05) is 41.5 Å². The van der Waals surface area contributed by atoms with E-state index < -0.39 is 8.32 Å². The van der Waals surface area contributed by atoms with Gasteiger partial charge in [0, 0.05) is 19.3 Å². The van der Waals surface area contributed by atoms with Crippen molar-refractivity contribution in [2.75, 3.05) is 0 Å². The first-order valence-electron chi connectivity index (χ1n) is 9.70. The van der Waals surface area contributed by atoms with Gasteiger partial charge in [0.1, 0.15) is 5.78 Å². The molecule has 0 N–H and O–H groups in total. The number of ketones is 1. The minimum Gasteiger partial charge on any atom is -0.546 e. The van der Waals surface area contributed by atoms with E-state index in [0.29, 0.717) is 22.4 Å². The molecule has 0 heterocycles. The van der Waals surface area contributed by atoms with Crippen molar-refractivity contribution in [3.8, 4) is 0 Å². The second-order valence-electron chi connectivity index (χ2n) is 8.08. The van der Waals surface area contributed by atoms with Gasteiger partial charge in [0.05, 0.1) is 5.76 Å². The molecule has 0 amide bonds. The molecule has 2 nitrogen and oxygen atoms in total. The van der Waals surface area contributed by atoms with Crippen molar-refractivity contribution in [1.82, 2.24) is 0 Å². The first-order valence-corrected chi connectivity index (χ1v) is 11.8. The topological polar surface area (TPSA) is 26.3 Å². The van der Waals surface area contributed by atoms with Crippen molar-refractivity contribution in [3.05, 3.63) is 11.8 Å². The number of allylic oxidation sites excluding steroid dienone is 2. The third-order valence-corrected chi connectivity index (χ3v) is 11.5. The van der Waals surface area contributed by atoms with Crippen LogP contribution in [0.4, 0.5) is 0 Å². The van der Waals surface area contributed by atoms with Gasteiger partial charge < -0.3 is 4.43 Å². The van der Waals surface area contributed by atoms with Crippen molar-refractivity contribution in [1.29, 1.82) is 0 Å². The van der Waals surface area contributed by atoms with Gasteiger partial charge in [0.15, 0.2) is 0 Å². The summed E-state index contributed by atoms with van der Waals surface area (Å²) < 4.78 is 6.88. The molecule has 0 aromatic heterocycles. The van der Waals surface area contributed by atoms with E-state index in [2.05, 4.69) is 47.6 Å². The fourth-order valence-electron chi connectivity index (χ4n) is 4.25. The summed E-state index contributed by atoms with van der Waals surface area (Å²) in [5, 5.41) is 0. The Morgan fingerprint density at radius 2 is 1.30 bits per heavy atom. The van der Waals surface area contributed by atoms with Crippen LogP contribution in [0.1, 0.15) is 92.9 Å². The van der Waals surface area contributed by atoms with Gasteiger partial charge in [0.2, 0.25) is 0 Å². The molecule has 0 radical (unpaired) electrons. The summed E-state index contributed by atoms with van der Waals surface area (Å²) in [4.78, 5) is 11.7. The maximum absolute atomic E-state index is 11.7. The van der Waals surface area contributed by atoms with Crippen LogP contribution in [-0.4, -0.2) is 14.1 Å². The van der Waals surface area contributed by atoms with Gasteiger partial charge in [-0.25, -0.2) is 0 Å². The van der Waals surface area contributed by atoms with Crippen LogP contribution in [0.25, 0.3) is 0 Å². The molecule has 1 rings (SSSR count). The van der Waals surface area contributed by atoms with Crippen molar-refractivity contribution < 1.29 is 9.22 Å². The Bertz CT molecular complexity index is 375. The number of hydrogen-bond acceptors (Lipinski definition) is 2. The van der Waals surface area contributed by atoms with E-state index in [4.69, 9.17) is 4.43 Å². The van der Waals surface area contributed by atoms with Crippen LogP contribution < -0.4 is 0 Å². The fraction of sp³-hybridized carbons (Fsp3) is 0.850. The van der Waals surface area contributed by atoms with E-state index in [1.165, 1.54) is 5.76 Å². The number of carbonyl (C=O) groups is 1.